The molecule has 0 radical (unpaired) electrons. The molecule has 3 unspecified atom stereocenters. The molecule has 0 N–H and O–H groups in total. The Bertz CT molecular complexity index is 314. The topological polar surface area (TPSA) is 52.6 Å². The van der Waals surface area contributed by atoms with E-state index in [1.54, 1.807) is 27.7 Å². The lowest BCUT2D eigenvalue weighted by Crippen LogP contribution is -2.35. The summed E-state index contributed by atoms with van der Waals surface area (Å²) in [5, 5.41) is 0. The molecule has 1 rings (SSSR count). The third-order valence-electron chi connectivity index (χ3n) is 2.77. The minimum absolute atomic E-state index is 0.169. The highest BCUT2D eigenvalue weighted by Crippen LogP contribution is 2.29. The van der Waals surface area contributed by atoms with Gasteiger partial charge in [0.05, 0.1) is 6.10 Å². The Morgan fingerprint density at radius 1 is 1.35 bits per heavy atom. The Balaban J connectivity index is 2.74. The fourth-order valence-corrected chi connectivity index (χ4v) is 2.00. The zero-order valence-corrected chi connectivity index (χ0v) is 11.4. The van der Waals surface area contributed by atoms with Gasteiger partial charge in [0.1, 0.15) is 5.60 Å². The van der Waals surface area contributed by atoms with Crippen molar-refractivity contribution in [2.45, 2.75) is 59.4 Å². The molecular formula is C13H22O4. The van der Waals surface area contributed by atoms with Gasteiger partial charge in [0.15, 0.2) is 5.78 Å². The largest absolute Gasteiger partial charge is 0.458 e. The smallest absolute Gasteiger partial charge is 0.343 e. The molecule has 4 heteroatoms. The second kappa shape index (κ2) is 4.77. The van der Waals surface area contributed by atoms with Crippen LogP contribution in [-0.4, -0.2) is 29.6 Å². The number of ketones is 1. The molecule has 1 saturated heterocycles. The average Bonchev–Trinajstić information content (AvgIpc) is 2.41. The van der Waals surface area contributed by atoms with Gasteiger partial charge < -0.3 is 9.47 Å². The van der Waals surface area contributed by atoms with E-state index in [1.807, 2.05) is 13.8 Å². The van der Waals surface area contributed by atoms with Gasteiger partial charge in [0.25, 0.3) is 0 Å². The van der Waals surface area contributed by atoms with E-state index in [9.17, 15) is 9.59 Å². The maximum absolute atomic E-state index is 11.9. The molecule has 0 aromatic rings. The number of ether oxygens (including phenoxy) is 2. The van der Waals surface area contributed by atoms with Crippen LogP contribution in [0.2, 0.25) is 0 Å². The highest BCUT2D eigenvalue weighted by atomic mass is 16.6. The SMILES string of the molecule is CC(C)C1OC(C(=O)OC(C)(C)C)C(=O)C1C. The van der Waals surface area contributed by atoms with E-state index in [0.717, 1.165) is 0 Å². The molecule has 98 valence electrons. The van der Waals surface area contributed by atoms with Crippen molar-refractivity contribution in [3.8, 4) is 0 Å². The molecule has 4 nitrogen and oxygen atoms in total. The summed E-state index contributed by atoms with van der Waals surface area (Å²) >= 11 is 0. The van der Waals surface area contributed by atoms with Crippen molar-refractivity contribution in [3.05, 3.63) is 0 Å². The zero-order valence-electron chi connectivity index (χ0n) is 11.4. The van der Waals surface area contributed by atoms with Crippen LogP contribution in [0.1, 0.15) is 41.5 Å². The molecular weight excluding hydrogens is 220 g/mol. The van der Waals surface area contributed by atoms with E-state index in [0.29, 0.717) is 0 Å². The van der Waals surface area contributed by atoms with Gasteiger partial charge in [-0.1, -0.05) is 20.8 Å². The maximum Gasteiger partial charge on any atom is 0.343 e. The minimum Gasteiger partial charge on any atom is -0.458 e. The van der Waals surface area contributed by atoms with Crippen LogP contribution >= 0.6 is 0 Å². The van der Waals surface area contributed by atoms with E-state index in [2.05, 4.69) is 0 Å². The molecule has 3 atom stereocenters. The number of carbonyl (C=O) groups is 2. The Morgan fingerprint density at radius 2 is 1.88 bits per heavy atom. The molecule has 0 saturated carbocycles. The van der Waals surface area contributed by atoms with Crippen LogP contribution in [0.3, 0.4) is 0 Å². The van der Waals surface area contributed by atoms with Crippen LogP contribution in [0.5, 0.6) is 0 Å². The molecule has 1 aliphatic rings. The van der Waals surface area contributed by atoms with E-state index >= 15 is 0 Å². The van der Waals surface area contributed by atoms with E-state index < -0.39 is 17.7 Å². The summed E-state index contributed by atoms with van der Waals surface area (Å²) in [6.07, 6.45) is -1.24. The second-order valence-electron chi connectivity index (χ2n) is 5.95. The third-order valence-corrected chi connectivity index (χ3v) is 2.77. The van der Waals surface area contributed by atoms with Crippen molar-refractivity contribution in [3.63, 3.8) is 0 Å². The molecule has 0 bridgehead atoms. The highest BCUT2D eigenvalue weighted by Gasteiger charge is 2.46. The fraction of sp³-hybridized carbons (Fsp3) is 0.846. The number of hydrogen-bond acceptors (Lipinski definition) is 4. The van der Waals surface area contributed by atoms with Crippen LogP contribution in [0.4, 0.5) is 0 Å². The van der Waals surface area contributed by atoms with Crippen LogP contribution in [0.15, 0.2) is 0 Å². The zero-order chi connectivity index (χ0) is 13.4. The number of rotatable bonds is 2. The second-order valence-corrected chi connectivity index (χ2v) is 5.95. The van der Waals surface area contributed by atoms with Crippen molar-refractivity contribution in [2.75, 3.05) is 0 Å². The number of Topliss-reactive ketones (excluding diaryl/α,β-unsaturated/α-hetero) is 1. The standard InChI is InChI=1S/C13H22O4/c1-7(2)10-8(3)9(14)11(16-10)12(15)17-13(4,5)6/h7-8,10-11H,1-6H3. The van der Waals surface area contributed by atoms with Gasteiger partial charge in [0.2, 0.25) is 6.10 Å². The van der Waals surface area contributed by atoms with E-state index in [-0.39, 0.29) is 23.7 Å². The first-order valence-electron chi connectivity index (χ1n) is 6.05. The van der Waals surface area contributed by atoms with Crippen LogP contribution in [-0.2, 0) is 19.1 Å². The summed E-state index contributed by atoms with van der Waals surface area (Å²) in [5.41, 5.74) is -0.597. The van der Waals surface area contributed by atoms with Gasteiger partial charge in [-0.25, -0.2) is 4.79 Å². The van der Waals surface area contributed by atoms with Crippen molar-refractivity contribution in [2.24, 2.45) is 11.8 Å². The van der Waals surface area contributed by atoms with Gasteiger partial charge in [-0.3, -0.25) is 4.79 Å². The van der Waals surface area contributed by atoms with Gasteiger partial charge in [-0.05, 0) is 26.7 Å². The first-order chi connectivity index (χ1) is 7.63. The molecule has 0 aromatic heterocycles. The summed E-state index contributed by atoms with van der Waals surface area (Å²) in [4.78, 5) is 23.7. The summed E-state index contributed by atoms with van der Waals surface area (Å²) in [6.45, 7) is 11.1. The van der Waals surface area contributed by atoms with Crippen LogP contribution in [0, 0.1) is 11.8 Å². The lowest BCUT2D eigenvalue weighted by atomic mass is 9.93. The van der Waals surface area contributed by atoms with Gasteiger partial charge in [-0.15, -0.1) is 0 Å². The first-order valence-corrected chi connectivity index (χ1v) is 6.05. The minimum atomic E-state index is -1.04. The number of carbonyl (C=O) groups excluding carboxylic acids is 2. The molecule has 1 aliphatic heterocycles. The quantitative estimate of drug-likeness (QED) is 0.548. The number of hydrogen-bond donors (Lipinski definition) is 0. The molecule has 0 aliphatic carbocycles. The first kappa shape index (κ1) is 14.2. The maximum atomic E-state index is 11.9. The molecule has 17 heavy (non-hydrogen) atoms. The third kappa shape index (κ3) is 3.28. The Kier molecular flexibility index (Phi) is 3.97. The monoisotopic (exact) mass is 242 g/mol. The van der Waals surface area contributed by atoms with Gasteiger partial charge >= 0.3 is 5.97 Å². The van der Waals surface area contributed by atoms with Crippen molar-refractivity contribution >= 4 is 11.8 Å². The summed E-state index contributed by atoms with van der Waals surface area (Å²) in [6, 6.07) is 0. The Labute approximate surface area is 103 Å². The van der Waals surface area contributed by atoms with Crippen molar-refractivity contribution in [1.82, 2.24) is 0 Å². The Morgan fingerprint density at radius 3 is 2.24 bits per heavy atom. The van der Waals surface area contributed by atoms with Gasteiger partial charge in [-0.2, -0.15) is 0 Å². The van der Waals surface area contributed by atoms with Crippen LogP contribution in [0.25, 0.3) is 0 Å². The predicted octanol–water partition coefficient (Wildman–Crippen LogP) is 1.96. The number of esters is 1. The Hall–Kier alpha value is -0.900. The molecule has 1 heterocycles. The molecule has 0 spiro atoms. The average molecular weight is 242 g/mol. The van der Waals surface area contributed by atoms with Crippen molar-refractivity contribution < 1.29 is 19.1 Å². The van der Waals surface area contributed by atoms with Gasteiger partial charge in [0, 0.05) is 5.92 Å². The summed E-state index contributed by atoms with van der Waals surface area (Å²) < 4.78 is 10.7. The molecule has 0 aromatic carbocycles. The fourth-order valence-electron chi connectivity index (χ4n) is 2.00. The normalized spacial score (nSPS) is 29.8. The van der Waals surface area contributed by atoms with Crippen LogP contribution < -0.4 is 0 Å². The molecule has 0 amide bonds. The summed E-state index contributed by atoms with van der Waals surface area (Å²) in [7, 11) is 0. The summed E-state index contributed by atoms with van der Waals surface area (Å²) in [5.74, 6) is -0.774. The van der Waals surface area contributed by atoms with E-state index in [4.69, 9.17) is 9.47 Å². The van der Waals surface area contributed by atoms with E-state index in [1.165, 1.54) is 0 Å². The van der Waals surface area contributed by atoms with Crippen molar-refractivity contribution in [1.29, 1.82) is 0 Å². The highest BCUT2D eigenvalue weighted by molar-refractivity contribution is 6.04. The molecule has 1 fully saturated rings. The lowest BCUT2D eigenvalue weighted by Gasteiger charge is -2.22. The predicted molar refractivity (Wildman–Crippen MR) is 63.5 cm³/mol. The lowest BCUT2D eigenvalue weighted by molar-refractivity contribution is -0.169.